The first-order valence-electron chi connectivity index (χ1n) is 21.6. The lowest BCUT2D eigenvalue weighted by Gasteiger charge is -2.23. The molecule has 13 heteroatoms. The van der Waals surface area contributed by atoms with Gasteiger partial charge in [-0.25, -0.2) is 0 Å². The highest BCUT2D eigenvalue weighted by molar-refractivity contribution is 14.1. The van der Waals surface area contributed by atoms with E-state index in [1.165, 1.54) is 0 Å². The van der Waals surface area contributed by atoms with E-state index < -0.39 is 0 Å². The molecule has 0 fully saturated rings. The molecule has 2 aliphatic rings. The number of hydrogen-bond donors (Lipinski definition) is 4. The van der Waals surface area contributed by atoms with Crippen molar-refractivity contribution in [2.24, 2.45) is 0 Å². The van der Waals surface area contributed by atoms with Crippen molar-refractivity contribution in [2.45, 2.75) is 19.8 Å². The van der Waals surface area contributed by atoms with Crippen molar-refractivity contribution >= 4 is 131 Å². The summed E-state index contributed by atoms with van der Waals surface area (Å²) in [6, 6.07) is 51.8. The number of anilines is 8. The molecular formula is C55H41IN6O6. The van der Waals surface area contributed by atoms with Gasteiger partial charge in [0, 0.05) is 42.7 Å². The number of carbonyl (C=O) groups is 6. The summed E-state index contributed by atoms with van der Waals surface area (Å²) >= 11 is 2.13. The Balaban J connectivity index is 0.000000170. The lowest BCUT2D eigenvalue weighted by Crippen LogP contribution is -2.26. The summed E-state index contributed by atoms with van der Waals surface area (Å²) in [4.78, 5) is 79.5. The molecule has 2 heterocycles. The fourth-order valence-electron chi connectivity index (χ4n) is 8.25. The Morgan fingerprint density at radius 2 is 0.941 bits per heavy atom. The van der Waals surface area contributed by atoms with E-state index in [9.17, 15) is 28.8 Å². The number of carbonyl (C=O) groups excluding carboxylic acids is 6. The highest BCUT2D eigenvalue weighted by Gasteiger charge is 2.30. The molecule has 6 amide bonds. The number of nitrogens with one attached hydrogen (secondary N) is 4. The van der Waals surface area contributed by atoms with Gasteiger partial charge in [-0.15, -0.1) is 0 Å². The smallest absolute Gasteiger partial charge is 0.256 e. The predicted molar refractivity (Wildman–Crippen MR) is 278 cm³/mol. The van der Waals surface area contributed by atoms with Crippen molar-refractivity contribution in [3.63, 3.8) is 0 Å². The van der Waals surface area contributed by atoms with Crippen LogP contribution in [0.3, 0.4) is 0 Å². The number of amides is 6. The predicted octanol–water partition coefficient (Wildman–Crippen LogP) is 11.8. The van der Waals surface area contributed by atoms with Crippen molar-refractivity contribution in [1.82, 2.24) is 0 Å². The zero-order valence-electron chi connectivity index (χ0n) is 36.5. The van der Waals surface area contributed by atoms with E-state index in [4.69, 9.17) is 0 Å². The minimum atomic E-state index is -0.348. The van der Waals surface area contributed by atoms with Crippen LogP contribution in [0.25, 0.3) is 27.6 Å². The summed E-state index contributed by atoms with van der Waals surface area (Å²) in [5, 5.41) is 15.3. The number of fused-ring (bicyclic) bond motifs is 6. The summed E-state index contributed by atoms with van der Waals surface area (Å²) in [6.07, 6.45) is 3.26. The largest absolute Gasteiger partial charge is 0.323 e. The minimum Gasteiger partial charge on any atom is -0.323 e. The van der Waals surface area contributed by atoms with Crippen molar-refractivity contribution in [1.29, 1.82) is 0 Å². The average molecular weight is 1010 g/mol. The first-order valence-corrected chi connectivity index (χ1v) is 22.7. The third-order valence-corrected chi connectivity index (χ3v) is 12.3. The van der Waals surface area contributed by atoms with E-state index in [-0.39, 0.29) is 48.3 Å². The van der Waals surface area contributed by atoms with E-state index in [0.717, 1.165) is 30.7 Å². The van der Waals surface area contributed by atoms with Gasteiger partial charge < -0.3 is 21.3 Å². The lowest BCUT2D eigenvalue weighted by atomic mass is 10.1. The number of allylic oxidation sites excluding steroid dienone is 1. The molecule has 0 aromatic heterocycles. The zero-order chi connectivity index (χ0) is 47.3. The molecule has 0 bridgehead atoms. The van der Waals surface area contributed by atoms with Crippen LogP contribution in [0, 0.1) is 3.57 Å². The molecule has 8 aromatic carbocycles. The Morgan fingerprint density at radius 3 is 1.43 bits per heavy atom. The van der Waals surface area contributed by atoms with Crippen LogP contribution in [-0.4, -0.2) is 35.4 Å². The van der Waals surface area contributed by atoms with Gasteiger partial charge in [-0.3, -0.25) is 38.6 Å². The first kappa shape index (κ1) is 44.8. The van der Waals surface area contributed by atoms with Crippen LogP contribution in [0.2, 0.25) is 0 Å². The van der Waals surface area contributed by atoms with Crippen LogP contribution in [0.4, 0.5) is 45.5 Å². The second kappa shape index (κ2) is 19.6. The van der Waals surface area contributed by atoms with Crippen molar-refractivity contribution in [3.05, 3.63) is 196 Å². The number of benzene rings is 8. The molecule has 12 nitrogen and oxygen atoms in total. The monoisotopic (exact) mass is 1010 g/mol. The molecule has 2 aliphatic heterocycles. The van der Waals surface area contributed by atoms with Crippen molar-refractivity contribution < 1.29 is 28.8 Å². The zero-order valence-corrected chi connectivity index (χ0v) is 38.6. The van der Waals surface area contributed by atoms with Gasteiger partial charge in [0.1, 0.15) is 12.8 Å². The maximum Gasteiger partial charge on any atom is 0.256 e. The maximum absolute atomic E-state index is 13.1. The van der Waals surface area contributed by atoms with Gasteiger partial charge in [-0.1, -0.05) is 103 Å². The molecule has 0 spiro atoms. The number of hydrogen-bond acceptors (Lipinski definition) is 6. The SMILES string of the molecule is CC=Cc1ccccc1C(=O)Nc1ccc(N2C(=O)CC(=O)Nc3c2ccc2ccccc32)cc1.O=C1CC(=O)N(c2ccc(NC(=O)c3ccccc3I)cc2)c2ccc3ccccc3c2N1. The summed E-state index contributed by atoms with van der Waals surface area (Å²) in [5.74, 6) is -1.76. The van der Waals surface area contributed by atoms with E-state index in [1.807, 2.05) is 128 Å². The van der Waals surface area contributed by atoms with Crippen LogP contribution >= 0.6 is 22.6 Å². The summed E-state index contributed by atoms with van der Waals surface area (Å²) < 4.78 is 0.861. The Labute approximate surface area is 404 Å². The van der Waals surface area contributed by atoms with Gasteiger partial charge in [0.2, 0.25) is 23.6 Å². The van der Waals surface area contributed by atoms with E-state index in [0.29, 0.717) is 56.6 Å². The van der Waals surface area contributed by atoms with Gasteiger partial charge in [0.05, 0.1) is 28.3 Å². The van der Waals surface area contributed by atoms with Crippen LogP contribution < -0.4 is 31.1 Å². The van der Waals surface area contributed by atoms with Gasteiger partial charge in [0.15, 0.2) is 0 Å². The van der Waals surface area contributed by atoms with E-state index in [1.54, 1.807) is 70.5 Å². The van der Waals surface area contributed by atoms with Crippen LogP contribution in [-0.2, 0) is 19.2 Å². The molecule has 334 valence electrons. The molecule has 68 heavy (non-hydrogen) atoms. The fraction of sp³-hybridized carbons (Fsp3) is 0.0545. The molecular weight excluding hydrogens is 968 g/mol. The highest BCUT2D eigenvalue weighted by Crippen LogP contribution is 2.42. The molecule has 0 unspecified atom stereocenters. The van der Waals surface area contributed by atoms with E-state index in [2.05, 4.69) is 43.9 Å². The third-order valence-electron chi connectivity index (χ3n) is 11.4. The third kappa shape index (κ3) is 9.32. The summed E-state index contributed by atoms with van der Waals surface area (Å²) in [5.41, 5.74) is 6.87. The molecule has 10 rings (SSSR count). The van der Waals surface area contributed by atoms with Crippen LogP contribution in [0.1, 0.15) is 46.0 Å². The topological polar surface area (TPSA) is 157 Å². The molecule has 0 saturated carbocycles. The second-order valence-corrected chi connectivity index (χ2v) is 17.0. The standard InChI is InChI=1S/C29H23N3O3.C26H18IN3O3/c1-2-7-19-8-4-6-11-24(19)29(35)30-21-13-15-22(16-14-21)32-25-17-12-20-9-3-5-10-23(20)28(25)31-26(33)18-27(32)34;27-21-8-4-3-7-20(21)26(33)28-17-10-12-18(13-11-17)30-22-14-9-16-5-1-2-6-19(16)25(22)29-23(31)15-24(30)32/h2-17H,18H2,1H3,(H,30,35)(H,31,33);1-14H,15H2,(H,28,33)(H,29,31). The van der Waals surface area contributed by atoms with Crippen LogP contribution in [0.15, 0.2) is 176 Å². The molecule has 0 radical (unpaired) electrons. The van der Waals surface area contributed by atoms with Gasteiger partial charge in [-0.05, 0) is 125 Å². The Morgan fingerprint density at radius 1 is 0.515 bits per heavy atom. The Bertz CT molecular complexity index is 3350. The van der Waals surface area contributed by atoms with Gasteiger partial charge in [0.25, 0.3) is 11.8 Å². The average Bonchev–Trinajstić information content (AvgIpc) is 3.56. The molecule has 0 saturated heterocycles. The maximum atomic E-state index is 13.1. The highest BCUT2D eigenvalue weighted by atomic mass is 127. The van der Waals surface area contributed by atoms with Crippen LogP contribution in [0.5, 0.6) is 0 Å². The molecule has 4 N–H and O–H groups in total. The number of halogens is 1. The quantitative estimate of drug-likeness (QED) is 0.0920. The Hall–Kier alpha value is -8.43. The summed E-state index contributed by atoms with van der Waals surface area (Å²) in [7, 11) is 0. The summed E-state index contributed by atoms with van der Waals surface area (Å²) in [6.45, 7) is 1.90. The minimum absolute atomic E-state index is 0.204. The van der Waals surface area contributed by atoms with Gasteiger partial charge >= 0.3 is 0 Å². The second-order valence-electron chi connectivity index (χ2n) is 15.8. The van der Waals surface area contributed by atoms with E-state index >= 15 is 0 Å². The molecule has 8 aromatic rings. The van der Waals surface area contributed by atoms with Crippen molar-refractivity contribution in [2.75, 3.05) is 31.1 Å². The van der Waals surface area contributed by atoms with Crippen molar-refractivity contribution in [3.8, 4) is 0 Å². The number of rotatable bonds is 7. The Kier molecular flexibility index (Phi) is 12.9. The first-order chi connectivity index (χ1) is 33.1. The fourth-order valence-corrected chi connectivity index (χ4v) is 8.88. The van der Waals surface area contributed by atoms with Gasteiger partial charge in [-0.2, -0.15) is 0 Å². The normalized spacial score (nSPS) is 13.4. The lowest BCUT2D eigenvalue weighted by molar-refractivity contribution is -0.126. The molecule has 0 aliphatic carbocycles. The molecule has 0 atom stereocenters. The number of nitrogens with zero attached hydrogens (tertiary/aromatic N) is 2.